The number of hydrogen-bond acceptors (Lipinski definition) is 4. The summed E-state index contributed by atoms with van der Waals surface area (Å²) in [5.74, 6) is -0.247. The van der Waals surface area contributed by atoms with Crippen LogP contribution in [0.3, 0.4) is 0 Å². The SMILES string of the molecule is CC(C)(C)OC(=O)N1CCN[C@H](Cc2ccc(OC(F)(F)F)cc2)C1. The van der Waals surface area contributed by atoms with Crippen LogP contribution in [0.4, 0.5) is 18.0 Å². The maximum Gasteiger partial charge on any atom is 0.573 e. The van der Waals surface area contributed by atoms with Crippen molar-refractivity contribution in [3.8, 4) is 5.75 Å². The third kappa shape index (κ3) is 6.81. The number of benzene rings is 1. The first-order chi connectivity index (χ1) is 11.5. The molecule has 1 saturated heterocycles. The van der Waals surface area contributed by atoms with Gasteiger partial charge in [-0.1, -0.05) is 12.1 Å². The largest absolute Gasteiger partial charge is 0.573 e. The molecule has 1 aliphatic rings. The van der Waals surface area contributed by atoms with Gasteiger partial charge in [-0.2, -0.15) is 0 Å². The summed E-state index contributed by atoms with van der Waals surface area (Å²) in [6, 6.07) is 5.77. The summed E-state index contributed by atoms with van der Waals surface area (Å²) >= 11 is 0. The van der Waals surface area contributed by atoms with E-state index >= 15 is 0 Å². The zero-order chi connectivity index (χ0) is 18.7. The first-order valence-corrected chi connectivity index (χ1v) is 8.08. The van der Waals surface area contributed by atoms with E-state index in [9.17, 15) is 18.0 Å². The number of piperazine rings is 1. The average molecular weight is 360 g/mol. The lowest BCUT2D eigenvalue weighted by molar-refractivity contribution is -0.274. The monoisotopic (exact) mass is 360 g/mol. The van der Waals surface area contributed by atoms with E-state index in [2.05, 4.69) is 10.1 Å². The summed E-state index contributed by atoms with van der Waals surface area (Å²) in [6.45, 7) is 7.12. The van der Waals surface area contributed by atoms with Gasteiger partial charge in [-0.3, -0.25) is 0 Å². The molecule has 0 aromatic heterocycles. The molecular weight excluding hydrogens is 337 g/mol. The Morgan fingerprint density at radius 2 is 1.88 bits per heavy atom. The fourth-order valence-corrected chi connectivity index (χ4v) is 2.57. The van der Waals surface area contributed by atoms with Gasteiger partial charge in [0.1, 0.15) is 11.4 Å². The van der Waals surface area contributed by atoms with Gasteiger partial charge < -0.3 is 19.7 Å². The quantitative estimate of drug-likeness (QED) is 0.898. The van der Waals surface area contributed by atoms with Crippen LogP contribution in [0.1, 0.15) is 26.3 Å². The van der Waals surface area contributed by atoms with Crippen LogP contribution in [0, 0.1) is 0 Å². The van der Waals surface area contributed by atoms with Crippen LogP contribution in [0.2, 0.25) is 0 Å². The second-order valence-electron chi connectivity index (χ2n) is 6.97. The van der Waals surface area contributed by atoms with E-state index in [1.165, 1.54) is 12.1 Å². The second-order valence-corrected chi connectivity index (χ2v) is 6.97. The highest BCUT2D eigenvalue weighted by molar-refractivity contribution is 5.68. The molecule has 1 heterocycles. The number of nitrogens with zero attached hydrogens (tertiary/aromatic N) is 1. The fourth-order valence-electron chi connectivity index (χ4n) is 2.57. The molecule has 1 N–H and O–H groups in total. The number of nitrogens with one attached hydrogen (secondary N) is 1. The molecule has 0 bridgehead atoms. The predicted molar refractivity (Wildman–Crippen MR) is 86.4 cm³/mol. The van der Waals surface area contributed by atoms with E-state index in [1.807, 2.05) is 20.8 Å². The lowest BCUT2D eigenvalue weighted by Crippen LogP contribution is -2.54. The molecular formula is C17H23F3N2O3. The third-order valence-electron chi connectivity index (χ3n) is 3.55. The lowest BCUT2D eigenvalue weighted by atomic mass is 10.0. The topological polar surface area (TPSA) is 50.8 Å². The fraction of sp³-hybridized carbons (Fsp3) is 0.588. The molecule has 0 unspecified atom stereocenters. The lowest BCUT2D eigenvalue weighted by Gasteiger charge is -2.35. The van der Waals surface area contributed by atoms with Gasteiger partial charge in [0.05, 0.1) is 0 Å². The summed E-state index contributed by atoms with van der Waals surface area (Å²) < 4.78 is 45.7. The van der Waals surface area contributed by atoms with Crippen LogP contribution < -0.4 is 10.1 Å². The van der Waals surface area contributed by atoms with Crippen molar-refractivity contribution in [1.82, 2.24) is 10.2 Å². The van der Waals surface area contributed by atoms with Gasteiger partial charge >= 0.3 is 12.5 Å². The Bertz CT molecular complexity index is 582. The third-order valence-corrected chi connectivity index (χ3v) is 3.55. The van der Waals surface area contributed by atoms with E-state index in [-0.39, 0.29) is 17.9 Å². The molecule has 1 aromatic rings. The Balaban J connectivity index is 1.91. The Kier molecular flexibility index (Phi) is 5.82. The second kappa shape index (κ2) is 7.51. The standard InChI is InChI=1S/C17H23F3N2O3/c1-16(2,3)25-15(23)22-9-8-21-13(11-22)10-12-4-6-14(7-5-12)24-17(18,19)20/h4-7,13,21H,8-11H2,1-3H3/t13-/m1/s1. The minimum absolute atomic E-state index is 0.00986. The molecule has 0 aliphatic carbocycles. The van der Waals surface area contributed by atoms with Crippen LogP contribution in [0.25, 0.3) is 0 Å². The predicted octanol–water partition coefficient (Wildman–Crippen LogP) is 3.34. The van der Waals surface area contributed by atoms with E-state index in [0.717, 1.165) is 5.56 Å². The molecule has 140 valence electrons. The van der Waals surface area contributed by atoms with E-state index in [0.29, 0.717) is 26.1 Å². The molecule has 1 amide bonds. The smallest absolute Gasteiger partial charge is 0.444 e. The molecule has 25 heavy (non-hydrogen) atoms. The van der Waals surface area contributed by atoms with Crippen molar-refractivity contribution in [2.75, 3.05) is 19.6 Å². The average Bonchev–Trinajstić information content (AvgIpc) is 2.46. The number of halogens is 3. The molecule has 0 saturated carbocycles. The number of hydrogen-bond donors (Lipinski definition) is 1. The Labute approximate surface area is 145 Å². The molecule has 1 aromatic carbocycles. The van der Waals surface area contributed by atoms with Gasteiger partial charge in [0.2, 0.25) is 0 Å². The molecule has 5 nitrogen and oxygen atoms in total. The van der Waals surface area contributed by atoms with Crippen LogP contribution >= 0.6 is 0 Å². The van der Waals surface area contributed by atoms with Crippen LogP contribution in [0.5, 0.6) is 5.75 Å². The minimum Gasteiger partial charge on any atom is -0.444 e. The van der Waals surface area contributed by atoms with Crippen molar-refractivity contribution in [3.05, 3.63) is 29.8 Å². The summed E-state index contributed by atoms with van der Waals surface area (Å²) in [6.07, 6.45) is -4.46. The normalized spacial score (nSPS) is 18.8. The first kappa shape index (κ1) is 19.4. The Morgan fingerprint density at radius 1 is 1.24 bits per heavy atom. The molecule has 0 spiro atoms. The van der Waals surface area contributed by atoms with Crippen molar-refractivity contribution in [2.45, 2.75) is 45.2 Å². The minimum atomic E-state index is -4.69. The highest BCUT2D eigenvalue weighted by Crippen LogP contribution is 2.23. The van der Waals surface area contributed by atoms with Crippen molar-refractivity contribution >= 4 is 6.09 Å². The highest BCUT2D eigenvalue weighted by atomic mass is 19.4. The number of carbonyl (C=O) groups is 1. The molecule has 1 fully saturated rings. The zero-order valence-electron chi connectivity index (χ0n) is 14.5. The van der Waals surface area contributed by atoms with E-state index < -0.39 is 12.0 Å². The van der Waals surface area contributed by atoms with Gasteiger partial charge in [0, 0.05) is 25.7 Å². The number of rotatable bonds is 3. The molecule has 2 rings (SSSR count). The van der Waals surface area contributed by atoms with Gasteiger partial charge in [0.25, 0.3) is 0 Å². The summed E-state index contributed by atoms with van der Waals surface area (Å²) in [5, 5.41) is 3.31. The van der Waals surface area contributed by atoms with Gasteiger partial charge in [-0.05, 0) is 44.9 Å². The highest BCUT2D eigenvalue weighted by Gasteiger charge is 2.31. The number of ether oxygens (including phenoxy) is 2. The maximum atomic E-state index is 12.2. The maximum absolute atomic E-state index is 12.2. The summed E-state index contributed by atoms with van der Waals surface area (Å²) in [7, 11) is 0. The van der Waals surface area contributed by atoms with Crippen molar-refractivity contribution < 1.29 is 27.4 Å². The molecule has 1 aliphatic heterocycles. The van der Waals surface area contributed by atoms with Gasteiger partial charge in [-0.15, -0.1) is 13.2 Å². The van der Waals surface area contributed by atoms with Crippen LogP contribution in [-0.2, 0) is 11.2 Å². The van der Waals surface area contributed by atoms with Gasteiger partial charge in [0.15, 0.2) is 0 Å². The number of amides is 1. The zero-order valence-corrected chi connectivity index (χ0v) is 14.5. The van der Waals surface area contributed by atoms with Crippen molar-refractivity contribution in [2.24, 2.45) is 0 Å². The van der Waals surface area contributed by atoms with Crippen molar-refractivity contribution in [3.63, 3.8) is 0 Å². The van der Waals surface area contributed by atoms with E-state index in [1.54, 1.807) is 17.0 Å². The Hall–Kier alpha value is -1.96. The molecule has 1 atom stereocenters. The first-order valence-electron chi connectivity index (χ1n) is 8.08. The summed E-state index contributed by atoms with van der Waals surface area (Å²) in [4.78, 5) is 13.8. The summed E-state index contributed by atoms with van der Waals surface area (Å²) in [5.41, 5.74) is 0.309. The van der Waals surface area contributed by atoms with Crippen LogP contribution in [-0.4, -0.2) is 48.6 Å². The molecule has 8 heteroatoms. The Morgan fingerprint density at radius 3 is 2.44 bits per heavy atom. The van der Waals surface area contributed by atoms with Gasteiger partial charge in [-0.25, -0.2) is 4.79 Å². The molecule has 0 radical (unpaired) electrons. The van der Waals surface area contributed by atoms with Crippen LogP contribution in [0.15, 0.2) is 24.3 Å². The number of alkyl halides is 3. The van der Waals surface area contributed by atoms with E-state index in [4.69, 9.17) is 4.74 Å². The number of carbonyl (C=O) groups excluding carboxylic acids is 1. The van der Waals surface area contributed by atoms with Crippen molar-refractivity contribution in [1.29, 1.82) is 0 Å².